The number of hydroxylamine groups is 1. The Hall–Kier alpha value is -2.86. The molecule has 26 heavy (non-hydrogen) atoms. The first-order valence-corrected chi connectivity index (χ1v) is 8.60. The third kappa shape index (κ3) is 4.40. The van der Waals surface area contributed by atoms with Crippen molar-refractivity contribution >= 4 is 17.6 Å². The number of nitrogens with zero attached hydrogens (tertiary/aromatic N) is 1. The van der Waals surface area contributed by atoms with Crippen molar-refractivity contribution in [2.75, 3.05) is 31.2 Å². The van der Waals surface area contributed by atoms with Crippen LogP contribution in [-0.4, -0.2) is 38.2 Å². The highest BCUT2D eigenvalue weighted by molar-refractivity contribution is 5.87. The summed E-state index contributed by atoms with van der Waals surface area (Å²) >= 11 is 0. The molecular formula is C20H22N2O4. The van der Waals surface area contributed by atoms with Gasteiger partial charge in [0.1, 0.15) is 0 Å². The van der Waals surface area contributed by atoms with Gasteiger partial charge in [0.15, 0.2) is 0 Å². The van der Waals surface area contributed by atoms with Crippen LogP contribution in [0.5, 0.6) is 0 Å². The molecule has 1 aliphatic rings. The molecule has 1 saturated heterocycles. The second-order valence-corrected chi connectivity index (χ2v) is 6.09. The summed E-state index contributed by atoms with van der Waals surface area (Å²) < 4.78 is 5.38. The van der Waals surface area contributed by atoms with Gasteiger partial charge in [-0.15, -0.1) is 0 Å². The van der Waals surface area contributed by atoms with Gasteiger partial charge in [-0.05, 0) is 23.3 Å². The molecule has 0 spiro atoms. The first-order chi connectivity index (χ1) is 12.6. The third-order valence-electron chi connectivity index (χ3n) is 4.29. The average molecular weight is 354 g/mol. The van der Waals surface area contributed by atoms with Gasteiger partial charge in [0.25, 0.3) is 5.91 Å². The molecule has 1 fully saturated rings. The van der Waals surface area contributed by atoms with Gasteiger partial charge in [-0.2, -0.15) is 5.48 Å². The Bertz CT molecular complexity index is 740. The molecule has 0 aromatic heterocycles. The predicted octanol–water partition coefficient (Wildman–Crippen LogP) is 2.25. The Labute approximate surface area is 152 Å². The molecule has 6 nitrogen and oxygen atoms in total. The van der Waals surface area contributed by atoms with Gasteiger partial charge in [0.2, 0.25) is 0 Å². The summed E-state index contributed by atoms with van der Waals surface area (Å²) in [7, 11) is 0. The van der Waals surface area contributed by atoms with Crippen molar-refractivity contribution in [1.82, 2.24) is 5.48 Å². The molecule has 1 atom stereocenters. The van der Waals surface area contributed by atoms with Crippen molar-refractivity contribution in [2.45, 2.75) is 12.8 Å². The highest BCUT2D eigenvalue weighted by atomic mass is 16.7. The highest BCUT2D eigenvalue weighted by Gasteiger charge is 2.24. The minimum absolute atomic E-state index is 0.384. The molecule has 2 aromatic carbocycles. The van der Waals surface area contributed by atoms with E-state index in [1.807, 2.05) is 54.6 Å². The molecule has 136 valence electrons. The molecule has 0 radical (unpaired) electrons. The molecule has 6 heteroatoms. The summed E-state index contributed by atoms with van der Waals surface area (Å²) in [5, 5.41) is 0. The van der Waals surface area contributed by atoms with E-state index in [0.29, 0.717) is 0 Å². The Balaban J connectivity index is 1.84. The number of benzene rings is 2. The van der Waals surface area contributed by atoms with Crippen LogP contribution < -0.4 is 10.4 Å². The monoisotopic (exact) mass is 354 g/mol. The summed E-state index contributed by atoms with van der Waals surface area (Å²) in [5.41, 5.74) is 5.00. The van der Waals surface area contributed by atoms with Gasteiger partial charge in [-0.1, -0.05) is 42.5 Å². The van der Waals surface area contributed by atoms with Crippen LogP contribution >= 0.6 is 0 Å². The zero-order chi connectivity index (χ0) is 18.4. The number of carbonyl (C=O) groups is 2. The van der Waals surface area contributed by atoms with Crippen molar-refractivity contribution < 1.29 is 19.2 Å². The molecule has 0 aliphatic carbocycles. The van der Waals surface area contributed by atoms with Crippen molar-refractivity contribution in [3.05, 3.63) is 65.7 Å². The maximum absolute atomic E-state index is 12.6. The van der Waals surface area contributed by atoms with Gasteiger partial charge in [-0.3, -0.25) is 9.59 Å². The normalized spacial score (nSPS) is 15.2. The Morgan fingerprint density at radius 1 is 1.00 bits per heavy atom. The van der Waals surface area contributed by atoms with Gasteiger partial charge in [-0.25, -0.2) is 0 Å². The molecule has 1 heterocycles. The molecule has 0 saturated carbocycles. The molecular weight excluding hydrogens is 332 g/mol. The van der Waals surface area contributed by atoms with Crippen LogP contribution in [0.2, 0.25) is 0 Å². The fourth-order valence-corrected chi connectivity index (χ4v) is 3.02. The van der Waals surface area contributed by atoms with E-state index >= 15 is 0 Å². The van der Waals surface area contributed by atoms with Crippen molar-refractivity contribution in [3.63, 3.8) is 0 Å². The lowest BCUT2D eigenvalue weighted by Crippen LogP contribution is -2.36. The number of rotatable bonds is 4. The number of hydrogen-bond donors (Lipinski definition) is 1. The van der Waals surface area contributed by atoms with Gasteiger partial charge in [0, 0.05) is 25.7 Å². The zero-order valence-electron chi connectivity index (χ0n) is 14.7. The van der Waals surface area contributed by atoms with Crippen molar-refractivity contribution in [3.8, 4) is 0 Å². The summed E-state index contributed by atoms with van der Waals surface area (Å²) in [5.74, 6) is -1.51. The molecule has 1 aliphatic heterocycles. The highest BCUT2D eigenvalue weighted by Crippen LogP contribution is 2.27. The van der Waals surface area contributed by atoms with E-state index in [4.69, 9.17) is 4.74 Å². The lowest BCUT2D eigenvalue weighted by molar-refractivity contribution is -0.156. The van der Waals surface area contributed by atoms with E-state index in [1.54, 1.807) is 0 Å². The Kier molecular flexibility index (Phi) is 5.86. The van der Waals surface area contributed by atoms with Gasteiger partial charge < -0.3 is 14.5 Å². The second-order valence-electron chi connectivity index (χ2n) is 6.09. The fraction of sp³-hybridized carbons (Fsp3) is 0.300. The first-order valence-electron chi connectivity index (χ1n) is 8.60. The van der Waals surface area contributed by atoms with E-state index < -0.39 is 11.9 Å². The molecule has 1 amide bonds. The smallest absolute Gasteiger partial charge is 0.329 e. The van der Waals surface area contributed by atoms with Crippen LogP contribution in [0.3, 0.4) is 0 Å². The number of morpholine rings is 1. The summed E-state index contributed by atoms with van der Waals surface area (Å²) in [6, 6.07) is 17.3. The average Bonchev–Trinajstić information content (AvgIpc) is 2.69. The minimum atomic E-state index is -0.562. The molecule has 2 aromatic rings. The molecule has 0 bridgehead atoms. The zero-order valence-corrected chi connectivity index (χ0v) is 14.7. The summed E-state index contributed by atoms with van der Waals surface area (Å²) in [4.78, 5) is 30.6. The minimum Gasteiger partial charge on any atom is -0.378 e. The third-order valence-corrected chi connectivity index (χ3v) is 4.29. The van der Waals surface area contributed by atoms with Gasteiger partial charge >= 0.3 is 5.97 Å². The Morgan fingerprint density at radius 3 is 2.23 bits per heavy atom. The number of carbonyl (C=O) groups excluding carboxylic acids is 2. The fourth-order valence-electron chi connectivity index (χ4n) is 3.02. The number of ether oxygens (including phenoxy) is 1. The molecule has 1 unspecified atom stereocenters. The summed E-state index contributed by atoms with van der Waals surface area (Å²) in [6.45, 7) is 4.40. The van der Waals surface area contributed by atoms with Crippen molar-refractivity contribution in [2.24, 2.45) is 0 Å². The van der Waals surface area contributed by atoms with Crippen LogP contribution in [0.25, 0.3) is 0 Å². The second kappa shape index (κ2) is 8.49. The van der Waals surface area contributed by atoms with E-state index in [2.05, 4.69) is 15.2 Å². The van der Waals surface area contributed by atoms with Crippen LogP contribution in [0.4, 0.5) is 5.69 Å². The maximum atomic E-state index is 12.6. The number of nitrogens with one attached hydrogen (secondary N) is 1. The van der Waals surface area contributed by atoms with E-state index in [9.17, 15) is 9.59 Å². The number of anilines is 1. The van der Waals surface area contributed by atoms with E-state index in [0.717, 1.165) is 43.1 Å². The predicted molar refractivity (Wildman–Crippen MR) is 97.7 cm³/mol. The maximum Gasteiger partial charge on any atom is 0.329 e. The number of hydrogen-bond acceptors (Lipinski definition) is 5. The van der Waals surface area contributed by atoms with E-state index in [1.165, 1.54) is 6.92 Å². The quantitative estimate of drug-likeness (QED) is 0.853. The largest absolute Gasteiger partial charge is 0.378 e. The van der Waals surface area contributed by atoms with Crippen LogP contribution in [0.15, 0.2) is 54.6 Å². The van der Waals surface area contributed by atoms with Crippen LogP contribution in [0.1, 0.15) is 24.0 Å². The van der Waals surface area contributed by atoms with Crippen LogP contribution in [-0.2, 0) is 19.2 Å². The van der Waals surface area contributed by atoms with Crippen LogP contribution in [0, 0.1) is 0 Å². The molecule has 3 rings (SSSR count). The number of amides is 1. The lowest BCUT2D eigenvalue weighted by atomic mass is 9.90. The van der Waals surface area contributed by atoms with Gasteiger partial charge in [0.05, 0.1) is 19.1 Å². The standard InChI is InChI=1S/C20H22N2O4/c1-15(23)26-21-20(24)19(16-5-3-2-4-6-16)17-7-9-18(10-8-17)22-11-13-25-14-12-22/h2-10,19H,11-14H2,1H3,(H,21,24). The van der Waals surface area contributed by atoms with Crippen molar-refractivity contribution in [1.29, 1.82) is 0 Å². The SMILES string of the molecule is CC(=O)ONC(=O)C(c1ccccc1)c1ccc(N2CCOCC2)cc1. The summed E-state index contributed by atoms with van der Waals surface area (Å²) in [6.07, 6.45) is 0. The lowest BCUT2D eigenvalue weighted by Gasteiger charge is -2.29. The first kappa shape index (κ1) is 17.9. The Morgan fingerprint density at radius 2 is 1.62 bits per heavy atom. The van der Waals surface area contributed by atoms with E-state index in [-0.39, 0.29) is 5.91 Å². The topological polar surface area (TPSA) is 67.9 Å². The molecule has 1 N–H and O–H groups in total.